The van der Waals surface area contributed by atoms with E-state index in [0.717, 1.165) is 5.69 Å². The molecular formula is C23H25Cl2N5O4S. The number of nitrogens with one attached hydrogen (secondary N) is 1. The first-order chi connectivity index (χ1) is 16.7. The topological polar surface area (TPSA) is 105 Å². The molecule has 1 N–H and O–H groups in total. The molecule has 4 rings (SSSR count). The zero-order valence-electron chi connectivity index (χ0n) is 18.8. The van der Waals surface area contributed by atoms with Crippen LogP contribution in [0.3, 0.4) is 0 Å². The van der Waals surface area contributed by atoms with Crippen LogP contribution >= 0.6 is 23.2 Å². The van der Waals surface area contributed by atoms with E-state index < -0.39 is 16.1 Å². The van der Waals surface area contributed by atoms with Crippen molar-refractivity contribution >= 4 is 50.6 Å². The van der Waals surface area contributed by atoms with E-state index in [-0.39, 0.29) is 18.0 Å². The average molecular weight is 538 g/mol. The van der Waals surface area contributed by atoms with E-state index in [1.165, 1.54) is 18.6 Å². The minimum atomic E-state index is -3.76. The van der Waals surface area contributed by atoms with Crippen LogP contribution in [0.2, 0.25) is 10.0 Å². The van der Waals surface area contributed by atoms with Gasteiger partial charge < -0.3 is 14.5 Å². The lowest BCUT2D eigenvalue weighted by Gasteiger charge is -2.37. The third-order valence-electron chi connectivity index (χ3n) is 5.48. The second-order valence-corrected chi connectivity index (χ2v) is 10.3. The van der Waals surface area contributed by atoms with Crippen molar-refractivity contribution in [1.82, 2.24) is 14.9 Å². The molecule has 186 valence electrons. The summed E-state index contributed by atoms with van der Waals surface area (Å²) in [5.74, 6) is 0.554. The summed E-state index contributed by atoms with van der Waals surface area (Å²) in [6, 6.07) is 12.9. The Morgan fingerprint density at radius 2 is 1.77 bits per heavy atom. The Morgan fingerprint density at radius 1 is 1.06 bits per heavy atom. The number of piperazine rings is 1. The number of aromatic nitrogens is 2. The van der Waals surface area contributed by atoms with Crippen LogP contribution in [0.5, 0.6) is 5.75 Å². The number of carbonyl (C=O) groups is 1. The molecule has 0 bridgehead atoms. The zero-order valence-corrected chi connectivity index (χ0v) is 21.1. The van der Waals surface area contributed by atoms with Crippen LogP contribution in [0.15, 0.2) is 66.0 Å². The second-order valence-electron chi connectivity index (χ2n) is 7.84. The maximum atomic E-state index is 12.8. The highest BCUT2D eigenvalue weighted by Gasteiger charge is 2.26. The van der Waals surface area contributed by atoms with Gasteiger partial charge >= 0.3 is 0 Å². The highest BCUT2D eigenvalue weighted by atomic mass is 35.5. The smallest absolute Gasteiger partial charge is 0.263 e. The average Bonchev–Trinajstić information content (AvgIpc) is 2.86. The monoisotopic (exact) mass is 537 g/mol. The predicted molar refractivity (Wildman–Crippen MR) is 137 cm³/mol. The van der Waals surface area contributed by atoms with Crippen molar-refractivity contribution in [2.24, 2.45) is 0 Å². The molecule has 0 radical (unpaired) electrons. The summed E-state index contributed by atoms with van der Waals surface area (Å²) in [4.78, 5) is 24.5. The molecule has 3 aromatic rings. The van der Waals surface area contributed by atoms with E-state index >= 15 is 0 Å². The van der Waals surface area contributed by atoms with Gasteiger partial charge in [0.05, 0.1) is 14.9 Å². The number of hydrogen-bond donors (Lipinski definition) is 1. The number of hydrogen-bond acceptors (Lipinski definition) is 7. The summed E-state index contributed by atoms with van der Waals surface area (Å²) >= 11 is 11.9. The molecule has 0 spiro atoms. The summed E-state index contributed by atoms with van der Waals surface area (Å²) in [7, 11) is -3.76. The molecule has 9 nitrogen and oxygen atoms in total. The van der Waals surface area contributed by atoms with Gasteiger partial charge in [-0.15, -0.1) is 0 Å². The number of amides is 1. The number of anilines is 2. The number of nitrogens with zero attached hydrogens (tertiary/aromatic N) is 4. The van der Waals surface area contributed by atoms with Crippen LogP contribution in [-0.4, -0.2) is 61.5 Å². The minimum Gasteiger partial charge on any atom is -0.481 e. The first-order valence-corrected chi connectivity index (χ1v) is 13.0. The van der Waals surface area contributed by atoms with Crippen molar-refractivity contribution in [3.05, 3.63) is 71.1 Å². The van der Waals surface area contributed by atoms with Crippen molar-refractivity contribution < 1.29 is 19.4 Å². The van der Waals surface area contributed by atoms with E-state index in [0.29, 0.717) is 42.0 Å². The molecule has 2 aromatic carbocycles. The Morgan fingerprint density at radius 3 is 2.40 bits per heavy atom. The lowest BCUT2D eigenvalue weighted by Crippen LogP contribution is -2.52. The molecule has 1 atom stereocenters. The molecule has 1 aliphatic rings. The van der Waals surface area contributed by atoms with Crippen molar-refractivity contribution in [3.63, 3.8) is 0 Å². The van der Waals surface area contributed by atoms with Gasteiger partial charge in [-0.25, -0.2) is 18.4 Å². The molecule has 0 saturated carbocycles. The third-order valence-corrected chi connectivity index (χ3v) is 7.59. The SMILES string of the molecule is CC(Oc1ccc(Cl)c(Cl)c1)C(=O)N1CCN(c2ccc(S(=O)(=O)Nc3ccncn3)cc2)CC1.[HH]. The van der Waals surface area contributed by atoms with Gasteiger partial charge in [0.2, 0.25) is 0 Å². The van der Waals surface area contributed by atoms with Crippen molar-refractivity contribution in [2.45, 2.75) is 17.9 Å². The second kappa shape index (κ2) is 10.7. The summed E-state index contributed by atoms with van der Waals surface area (Å²) in [5.41, 5.74) is 0.873. The number of sulfonamides is 1. The van der Waals surface area contributed by atoms with Gasteiger partial charge in [-0.2, -0.15) is 0 Å². The molecule has 1 unspecified atom stereocenters. The van der Waals surface area contributed by atoms with E-state index in [4.69, 9.17) is 27.9 Å². The molecule has 1 saturated heterocycles. The Balaban J connectivity index is 0.00000361. The summed E-state index contributed by atoms with van der Waals surface area (Å²) in [6.45, 7) is 3.95. The zero-order chi connectivity index (χ0) is 25.0. The van der Waals surface area contributed by atoms with E-state index in [1.807, 2.05) is 0 Å². The maximum Gasteiger partial charge on any atom is 0.263 e. The van der Waals surface area contributed by atoms with E-state index in [2.05, 4.69) is 19.6 Å². The van der Waals surface area contributed by atoms with Crippen molar-refractivity contribution in [3.8, 4) is 5.75 Å². The van der Waals surface area contributed by atoms with Crippen LogP contribution in [-0.2, 0) is 14.8 Å². The predicted octanol–water partition coefficient (Wildman–Crippen LogP) is 3.95. The Hall–Kier alpha value is -3.08. The van der Waals surface area contributed by atoms with Gasteiger partial charge in [0.15, 0.2) is 6.10 Å². The van der Waals surface area contributed by atoms with Crippen LogP contribution in [0.1, 0.15) is 8.35 Å². The number of benzene rings is 2. The lowest BCUT2D eigenvalue weighted by molar-refractivity contribution is -0.138. The molecule has 35 heavy (non-hydrogen) atoms. The van der Waals surface area contributed by atoms with Crippen molar-refractivity contribution in [1.29, 1.82) is 0 Å². The van der Waals surface area contributed by atoms with Gasteiger partial charge in [-0.05, 0) is 49.4 Å². The fraction of sp³-hybridized carbons (Fsp3) is 0.261. The van der Waals surface area contributed by atoms with Crippen LogP contribution in [0.25, 0.3) is 0 Å². The third kappa shape index (κ3) is 6.14. The molecule has 1 amide bonds. The van der Waals surface area contributed by atoms with Crippen LogP contribution < -0.4 is 14.4 Å². The molecular weight excluding hydrogens is 513 g/mol. The standard InChI is InChI=1S/C23H23Cl2N5O4S.H2/c1-16(34-18-4-7-20(24)21(25)14-18)23(31)30-12-10-29(11-13-30)17-2-5-19(6-3-17)35(32,33)28-22-8-9-26-15-27-22;/h2-9,14-16H,10-13H2,1H3,(H,26,27,28);1H. The first kappa shape index (κ1) is 25.0. The molecule has 1 aliphatic heterocycles. The quantitative estimate of drug-likeness (QED) is 0.486. The van der Waals surface area contributed by atoms with E-state index in [9.17, 15) is 13.2 Å². The summed E-state index contributed by atoms with van der Waals surface area (Å²) in [5, 5.41) is 0.780. The number of halogens is 2. The Bertz CT molecular complexity index is 1290. The molecule has 2 heterocycles. The minimum absolute atomic E-state index is 0. The first-order valence-electron chi connectivity index (χ1n) is 10.8. The fourth-order valence-electron chi connectivity index (χ4n) is 3.63. The normalized spacial score (nSPS) is 14.9. The van der Waals surface area contributed by atoms with Gasteiger partial charge in [-0.3, -0.25) is 9.52 Å². The Labute approximate surface area is 215 Å². The van der Waals surface area contributed by atoms with E-state index in [1.54, 1.807) is 54.3 Å². The number of ether oxygens (including phenoxy) is 1. The van der Waals surface area contributed by atoms with Gasteiger partial charge in [0.25, 0.3) is 15.9 Å². The largest absolute Gasteiger partial charge is 0.481 e. The maximum absolute atomic E-state index is 12.8. The molecule has 1 aromatic heterocycles. The lowest BCUT2D eigenvalue weighted by atomic mass is 10.2. The Kier molecular flexibility index (Phi) is 7.63. The number of carbonyl (C=O) groups excluding carboxylic acids is 1. The molecule has 0 aliphatic carbocycles. The molecule has 12 heteroatoms. The number of rotatable bonds is 7. The summed E-state index contributed by atoms with van der Waals surface area (Å²) < 4.78 is 33.3. The fourth-order valence-corrected chi connectivity index (χ4v) is 4.93. The van der Waals surface area contributed by atoms with Crippen LogP contribution in [0.4, 0.5) is 11.5 Å². The highest BCUT2D eigenvalue weighted by molar-refractivity contribution is 7.92. The van der Waals surface area contributed by atoms with Gasteiger partial charge in [0, 0.05) is 45.6 Å². The van der Waals surface area contributed by atoms with Crippen molar-refractivity contribution in [2.75, 3.05) is 35.8 Å². The molecule has 1 fully saturated rings. The van der Waals surface area contributed by atoms with Gasteiger partial charge in [-0.1, -0.05) is 23.2 Å². The van der Waals surface area contributed by atoms with Gasteiger partial charge in [0.1, 0.15) is 17.9 Å². The highest BCUT2D eigenvalue weighted by Crippen LogP contribution is 2.27. The summed E-state index contributed by atoms with van der Waals surface area (Å²) in [6.07, 6.45) is 2.05. The van der Waals surface area contributed by atoms with Crippen LogP contribution in [0, 0.1) is 0 Å².